The van der Waals surface area contributed by atoms with Gasteiger partial charge in [-0.2, -0.15) is 5.10 Å². The van der Waals surface area contributed by atoms with Crippen molar-refractivity contribution in [1.29, 1.82) is 0 Å². The van der Waals surface area contributed by atoms with Gasteiger partial charge in [0.15, 0.2) is 0 Å². The Morgan fingerprint density at radius 3 is 2.77 bits per heavy atom. The molecule has 4 rings (SSSR count). The maximum atomic E-state index is 13.1. The summed E-state index contributed by atoms with van der Waals surface area (Å²) < 4.78 is 1.70. The largest absolute Gasteiger partial charge is 0.338 e. The molecule has 1 aromatic carbocycles. The Bertz CT molecular complexity index is 1070. The highest BCUT2D eigenvalue weighted by molar-refractivity contribution is 6.30. The third-order valence-electron chi connectivity index (χ3n) is 5.70. The summed E-state index contributed by atoms with van der Waals surface area (Å²) in [7, 11) is 1.85. The Morgan fingerprint density at radius 1 is 1.20 bits per heavy atom. The number of aromatic nitrogens is 3. The van der Waals surface area contributed by atoms with Crippen LogP contribution in [-0.4, -0.2) is 38.7 Å². The molecular weight excluding hydrogens is 396 g/mol. The van der Waals surface area contributed by atoms with Crippen LogP contribution in [0.15, 0.2) is 42.6 Å². The van der Waals surface area contributed by atoms with Crippen LogP contribution in [0.5, 0.6) is 0 Å². The van der Waals surface area contributed by atoms with E-state index >= 15 is 0 Å². The van der Waals surface area contributed by atoms with Gasteiger partial charge >= 0.3 is 0 Å². The van der Waals surface area contributed by atoms with Crippen LogP contribution in [0.4, 0.5) is 0 Å². The molecule has 0 aliphatic carbocycles. The molecule has 5 nitrogen and oxygen atoms in total. The highest BCUT2D eigenvalue weighted by Gasteiger charge is 2.28. The molecule has 1 amide bonds. The molecule has 30 heavy (non-hydrogen) atoms. The zero-order valence-electron chi connectivity index (χ0n) is 17.7. The second kappa shape index (κ2) is 8.60. The highest BCUT2D eigenvalue weighted by atomic mass is 35.5. The quantitative estimate of drug-likeness (QED) is 0.612. The van der Waals surface area contributed by atoms with Gasteiger partial charge in [-0.3, -0.25) is 14.5 Å². The number of halogens is 1. The summed E-state index contributed by atoms with van der Waals surface area (Å²) in [6.07, 6.45) is 4.66. The normalized spacial score (nSPS) is 16.7. The van der Waals surface area contributed by atoms with Crippen molar-refractivity contribution in [2.45, 2.75) is 39.0 Å². The maximum absolute atomic E-state index is 13.1. The van der Waals surface area contributed by atoms with Crippen LogP contribution in [0, 0.1) is 13.8 Å². The highest BCUT2D eigenvalue weighted by Crippen LogP contribution is 2.28. The Balaban J connectivity index is 1.54. The molecule has 3 heterocycles. The van der Waals surface area contributed by atoms with Gasteiger partial charge in [0.25, 0.3) is 5.91 Å². The van der Waals surface area contributed by atoms with Crippen molar-refractivity contribution in [2.75, 3.05) is 13.1 Å². The first kappa shape index (κ1) is 20.6. The average Bonchev–Trinajstić information content (AvgIpc) is 3.05. The van der Waals surface area contributed by atoms with Crippen molar-refractivity contribution in [3.05, 3.63) is 81.4 Å². The molecule has 0 spiro atoms. The van der Waals surface area contributed by atoms with E-state index in [1.807, 2.05) is 50.2 Å². The smallest absolute Gasteiger partial charge is 0.257 e. The van der Waals surface area contributed by atoms with Crippen molar-refractivity contribution in [1.82, 2.24) is 19.7 Å². The molecule has 2 aromatic heterocycles. The number of hydrogen-bond acceptors (Lipinski definition) is 3. The fourth-order valence-corrected chi connectivity index (χ4v) is 4.56. The molecule has 6 heteroatoms. The molecule has 1 aliphatic rings. The zero-order valence-corrected chi connectivity index (χ0v) is 18.5. The average molecular weight is 423 g/mol. The SMILES string of the molecule is Cc1cc(Cc2cccc(Cl)c2)cc([C@H]2CCCN(C(=O)c3cn(C)nc3C)C2)n1. The summed E-state index contributed by atoms with van der Waals surface area (Å²) in [4.78, 5) is 19.8. The topological polar surface area (TPSA) is 51.0 Å². The number of amides is 1. The minimum Gasteiger partial charge on any atom is -0.338 e. The fraction of sp³-hybridized carbons (Fsp3) is 0.375. The summed E-state index contributed by atoms with van der Waals surface area (Å²) in [5, 5.41) is 5.08. The van der Waals surface area contributed by atoms with Crippen LogP contribution >= 0.6 is 11.6 Å². The maximum Gasteiger partial charge on any atom is 0.257 e. The molecular formula is C24H27ClN4O. The standard InChI is InChI=1S/C24H27ClN4O/c1-16-10-19(11-18-6-4-8-21(25)12-18)13-23(26-16)20-7-5-9-29(14-20)24(30)22-15-28(3)27-17(22)2/h4,6,8,10,12-13,15,20H,5,7,9,11,14H2,1-3H3/t20-/m0/s1. The number of nitrogens with zero attached hydrogens (tertiary/aromatic N) is 4. The minimum atomic E-state index is 0.0668. The van der Waals surface area contributed by atoms with Crippen LogP contribution < -0.4 is 0 Å². The van der Waals surface area contributed by atoms with Crippen molar-refractivity contribution in [3.63, 3.8) is 0 Å². The molecule has 1 fully saturated rings. The molecule has 1 aliphatic heterocycles. The zero-order chi connectivity index (χ0) is 21.3. The Labute approximate surface area is 182 Å². The fourth-order valence-electron chi connectivity index (χ4n) is 4.34. The number of carbonyl (C=O) groups is 1. The summed E-state index contributed by atoms with van der Waals surface area (Å²) >= 11 is 6.15. The van der Waals surface area contributed by atoms with Crippen LogP contribution in [0.2, 0.25) is 5.02 Å². The molecule has 0 radical (unpaired) electrons. The lowest BCUT2D eigenvalue weighted by atomic mass is 9.92. The molecule has 0 bridgehead atoms. The van der Waals surface area contributed by atoms with Crippen LogP contribution in [-0.2, 0) is 13.5 Å². The van der Waals surface area contributed by atoms with Gasteiger partial charge in [0.2, 0.25) is 0 Å². The first-order valence-corrected chi connectivity index (χ1v) is 10.8. The predicted molar refractivity (Wildman–Crippen MR) is 119 cm³/mol. The van der Waals surface area contributed by atoms with Gasteiger partial charge in [-0.05, 0) is 68.5 Å². The van der Waals surface area contributed by atoms with E-state index < -0.39 is 0 Å². The lowest BCUT2D eigenvalue weighted by Gasteiger charge is -2.32. The Morgan fingerprint density at radius 2 is 2.03 bits per heavy atom. The molecule has 3 aromatic rings. The molecule has 1 atom stereocenters. The van der Waals surface area contributed by atoms with Gasteiger partial charge in [-0.1, -0.05) is 23.7 Å². The minimum absolute atomic E-state index is 0.0668. The van der Waals surface area contributed by atoms with Gasteiger partial charge in [-0.15, -0.1) is 0 Å². The number of piperidine rings is 1. The van der Waals surface area contributed by atoms with Crippen molar-refractivity contribution in [3.8, 4) is 0 Å². The first-order valence-electron chi connectivity index (χ1n) is 10.4. The van der Waals surface area contributed by atoms with E-state index in [0.29, 0.717) is 12.1 Å². The predicted octanol–water partition coefficient (Wildman–Crippen LogP) is 4.70. The molecule has 0 N–H and O–H groups in total. The lowest BCUT2D eigenvalue weighted by Crippen LogP contribution is -2.39. The number of likely N-dealkylation sites (tertiary alicyclic amines) is 1. The Kier molecular flexibility index (Phi) is 5.91. The lowest BCUT2D eigenvalue weighted by molar-refractivity contribution is 0.0705. The van der Waals surface area contributed by atoms with Crippen LogP contribution in [0.3, 0.4) is 0 Å². The summed E-state index contributed by atoms with van der Waals surface area (Å²) in [5.41, 5.74) is 5.97. The van der Waals surface area contributed by atoms with E-state index in [-0.39, 0.29) is 11.8 Å². The molecule has 0 unspecified atom stereocenters. The van der Waals surface area contributed by atoms with Gasteiger partial charge in [0.05, 0.1) is 11.3 Å². The second-order valence-electron chi connectivity index (χ2n) is 8.24. The van der Waals surface area contributed by atoms with E-state index in [9.17, 15) is 4.79 Å². The van der Waals surface area contributed by atoms with E-state index in [0.717, 1.165) is 47.9 Å². The van der Waals surface area contributed by atoms with Crippen molar-refractivity contribution < 1.29 is 4.79 Å². The number of hydrogen-bond donors (Lipinski definition) is 0. The van der Waals surface area contributed by atoms with Gasteiger partial charge in [-0.25, -0.2) is 0 Å². The van der Waals surface area contributed by atoms with Crippen molar-refractivity contribution >= 4 is 17.5 Å². The van der Waals surface area contributed by atoms with E-state index in [2.05, 4.69) is 23.3 Å². The first-order chi connectivity index (χ1) is 14.4. The Hall–Kier alpha value is -2.66. The number of carbonyl (C=O) groups excluding carboxylic acids is 1. The summed E-state index contributed by atoms with van der Waals surface area (Å²) in [6.45, 7) is 5.40. The van der Waals surface area contributed by atoms with Gasteiger partial charge in [0, 0.05) is 48.7 Å². The van der Waals surface area contributed by atoms with Crippen LogP contribution in [0.1, 0.15) is 57.3 Å². The second-order valence-corrected chi connectivity index (χ2v) is 8.68. The van der Waals surface area contributed by atoms with Crippen molar-refractivity contribution in [2.24, 2.45) is 7.05 Å². The third-order valence-corrected chi connectivity index (χ3v) is 5.94. The third kappa shape index (κ3) is 4.57. The number of aryl methyl sites for hydroxylation is 3. The number of pyridine rings is 1. The van der Waals surface area contributed by atoms with Gasteiger partial charge < -0.3 is 4.90 Å². The van der Waals surface area contributed by atoms with Gasteiger partial charge in [0.1, 0.15) is 0 Å². The van der Waals surface area contributed by atoms with E-state index in [4.69, 9.17) is 16.6 Å². The number of rotatable bonds is 4. The van der Waals surface area contributed by atoms with E-state index in [1.54, 1.807) is 4.68 Å². The summed E-state index contributed by atoms with van der Waals surface area (Å²) in [5.74, 6) is 0.315. The van der Waals surface area contributed by atoms with E-state index in [1.165, 1.54) is 11.1 Å². The molecule has 0 saturated carbocycles. The molecule has 156 valence electrons. The molecule has 1 saturated heterocycles. The summed E-state index contributed by atoms with van der Waals surface area (Å²) in [6, 6.07) is 12.3. The monoisotopic (exact) mass is 422 g/mol. The van der Waals surface area contributed by atoms with Crippen LogP contribution in [0.25, 0.3) is 0 Å². The number of benzene rings is 1.